The predicted molar refractivity (Wildman–Crippen MR) is 85.6 cm³/mol. The summed E-state index contributed by atoms with van der Waals surface area (Å²) in [5.74, 6) is 2.12. The summed E-state index contributed by atoms with van der Waals surface area (Å²) in [6.45, 7) is 5.16. The zero-order valence-electron chi connectivity index (χ0n) is 14.1. The molecule has 4 rings (SSSR count). The molecule has 5 nitrogen and oxygen atoms in total. The number of hydrogen-bond acceptors (Lipinski definition) is 3. The van der Waals surface area contributed by atoms with Crippen molar-refractivity contribution in [1.82, 2.24) is 10.2 Å². The first-order valence-corrected chi connectivity index (χ1v) is 9.27. The maximum Gasteiger partial charge on any atom is 0.226 e. The fraction of sp³-hybridized carbons (Fsp3) is 0.889. The SMILES string of the molecule is C[C@@H]1C[C@@H]1C(=O)N1CC2(CC[C@H](CNC(=O)C3CCC3)CO2)C1. The third kappa shape index (κ3) is 3.00. The van der Waals surface area contributed by atoms with Crippen molar-refractivity contribution in [2.75, 3.05) is 26.2 Å². The topological polar surface area (TPSA) is 58.6 Å². The van der Waals surface area contributed by atoms with Crippen molar-refractivity contribution in [2.45, 2.75) is 51.0 Å². The van der Waals surface area contributed by atoms with E-state index in [1.807, 2.05) is 4.90 Å². The van der Waals surface area contributed by atoms with Crippen molar-refractivity contribution in [3.8, 4) is 0 Å². The van der Waals surface area contributed by atoms with Crippen molar-refractivity contribution >= 4 is 11.8 Å². The van der Waals surface area contributed by atoms with Gasteiger partial charge in [-0.1, -0.05) is 13.3 Å². The minimum Gasteiger partial charge on any atom is -0.371 e. The Kier molecular flexibility index (Phi) is 3.87. The van der Waals surface area contributed by atoms with Gasteiger partial charge in [-0.3, -0.25) is 9.59 Å². The van der Waals surface area contributed by atoms with Crippen LogP contribution in [0.1, 0.15) is 45.4 Å². The number of ether oxygens (including phenoxy) is 1. The number of rotatable bonds is 4. The Morgan fingerprint density at radius 3 is 2.52 bits per heavy atom. The molecule has 0 unspecified atom stereocenters. The molecule has 2 saturated carbocycles. The fourth-order valence-electron chi connectivity index (χ4n) is 4.09. The zero-order chi connectivity index (χ0) is 16.0. The molecule has 2 saturated heterocycles. The first kappa shape index (κ1) is 15.4. The van der Waals surface area contributed by atoms with Gasteiger partial charge >= 0.3 is 0 Å². The van der Waals surface area contributed by atoms with E-state index in [2.05, 4.69) is 12.2 Å². The predicted octanol–water partition coefficient (Wildman–Crippen LogP) is 1.57. The van der Waals surface area contributed by atoms with Gasteiger partial charge in [0.1, 0.15) is 5.60 Å². The highest BCUT2D eigenvalue weighted by Crippen LogP contribution is 2.43. The van der Waals surface area contributed by atoms with E-state index in [4.69, 9.17) is 4.74 Å². The number of amides is 2. The molecule has 128 valence electrons. The number of likely N-dealkylation sites (tertiary alicyclic amines) is 1. The molecular weight excluding hydrogens is 292 g/mol. The number of hydrogen-bond donors (Lipinski definition) is 1. The van der Waals surface area contributed by atoms with Gasteiger partial charge in [-0.15, -0.1) is 0 Å². The molecule has 0 aromatic rings. The van der Waals surface area contributed by atoms with Crippen molar-refractivity contribution in [3.63, 3.8) is 0 Å². The van der Waals surface area contributed by atoms with E-state index in [0.717, 1.165) is 51.7 Å². The summed E-state index contributed by atoms with van der Waals surface area (Å²) in [6, 6.07) is 0. The number of carbonyl (C=O) groups excluding carboxylic acids is 2. The summed E-state index contributed by atoms with van der Waals surface area (Å²) >= 11 is 0. The van der Waals surface area contributed by atoms with Gasteiger partial charge in [0.05, 0.1) is 19.7 Å². The summed E-state index contributed by atoms with van der Waals surface area (Å²) in [5, 5.41) is 3.09. The molecule has 2 aliphatic heterocycles. The quantitative estimate of drug-likeness (QED) is 0.855. The van der Waals surface area contributed by atoms with Crippen molar-refractivity contribution < 1.29 is 14.3 Å². The van der Waals surface area contributed by atoms with Gasteiger partial charge < -0.3 is 15.0 Å². The van der Waals surface area contributed by atoms with Crippen LogP contribution in [0.15, 0.2) is 0 Å². The highest BCUT2D eigenvalue weighted by atomic mass is 16.5. The molecule has 23 heavy (non-hydrogen) atoms. The summed E-state index contributed by atoms with van der Waals surface area (Å²) in [7, 11) is 0. The third-order valence-electron chi connectivity index (χ3n) is 6.37. The van der Waals surface area contributed by atoms with E-state index in [1.165, 1.54) is 6.42 Å². The highest BCUT2D eigenvalue weighted by Gasteiger charge is 2.52. The van der Waals surface area contributed by atoms with Gasteiger partial charge in [0.2, 0.25) is 11.8 Å². The first-order chi connectivity index (χ1) is 11.1. The Balaban J connectivity index is 1.17. The minimum atomic E-state index is -0.0811. The molecule has 2 aliphatic carbocycles. The van der Waals surface area contributed by atoms with Gasteiger partial charge in [0.15, 0.2) is 0 Å². The Morgan fingerprint density at radius 2 is 2.00 bits per heavy atom. The molecule has 2 heterocycles. The van der Waals surface area contributed by atoms with Crippen LogP contribution in [0.25, 0.3) is 0 Å². The molecule has 4 fully saturated rings. The van der Waals surface area contributed by atoms with Crippen LogP contribution in [0.3, 0.4) is 0 Å². The van der Waals surface area contributed by atoms with E-state index in [0.29, 0.717) is 24.3 Å². The average Bonchev–Trinajstić information content (AvgIpc) is 3.18. The molecule has 0 bridgehead atoms. The summed E-state index contributed by atoms with van der Waals surface area (Å²) < 4.78 is 6.11. The molecular formula is C18H28N2O3. The van der Waals surface area contributed by atoms with Crippen LogP contribution in [0.4, 0.5) is 0 Å². The standard InChI is InChI=1S/C18H28N2O3/c1-12-7-15(12)17(22)20-10-18(11-20)6-5-13(9-23-18)8-19-16(21)14-3-2-4-14/h12-15H,2-11H2,1H3,(H,19,21)/t12-,13-,15+/m1/s1. The van der Waals surface area contributed by atoms with Gasteiger partial charge in [-0.05, 0) is 43.9 Å². The Bertz CT molecular complexity index is 486. The maximum atomic E-state index is 12.2. The molecule has 5 heteroatoms. The Morgan fingerprint density at radius 1 is 1.26 bits per heavy atom. The lowest BCUT2D eigenvalue weighted by molar-refractivity contribution is -0.189. The van der Waals surface area contributed by atoms with Crippen molar-refractivity contribution in [3.05, 3.63) is 0 Å². The van der Waals surface area contributed by atoms with Gasteiger partial charge in [-0.2, -0.15) is 0 Å². The lowest BCUT2D eigenvalue weighted by Crippen LogP contribution is -2.66. The molecule has 1 N–H and O–H groups in total. The van der Waals surface area contributed by atoms with E-state index in [1.54, 1.807) is 0 Å². The molecule has 2 amide bonds. The summed E-state index contributed by atoms with van der Waals surface area (Å²) in [6.07, 6.45) is 6.47. The second-order valence-electron chi connectivity index (χ2n) is 8.29. The maximum absolute atomic E-state index is 12.2. The van der Waals surface area contributed by atoms with Crippen molar-refractivity contribution in [1.29, 1.82) is 0 Å². The summed E-state index contributed by atoms with van der Waals surface area (Å²) in [4.78, 5) is 26.0. The first-order valence-electron chi connectivity index (χ1n) is 9.27. The van der Waals surface area contributed by atoms with E-state index in [-0.39, 0.29) is 23.3 Å². The van der Waals surface area contributed by atoms with Gasteiger partial charge in [0.25, 0.3) is 0 Å². The van der Waals surface area contributed by atoms with E-state index >= 15 is 0 Å². The zero-order valence-corrected chi connectivity index (χ0v) is 14.1. The molecule has 0 aromatic heterocycles. The second-order valence-corrected chi connectivity index (χ2v) is 8.29. The molecule has 1 spiro atoms. The van der Waals surface area contributed by atoms with E-state index < -0.39 is 0 Å². The Hall–Kier alpha value is -1.10. The number of nitrogens with zero attached hydrogens (tertiary/aromatic N) is 1. The summed E-state index contributed by atoms with van der Waals surface area (Å²) in [5.41, 5.74) is -0.0811. The van der Waals surface area contributed by atoms with Gasteiger partial charge in [-0.25, -0.2) is 0 Å². The Labute approximate surface area is 138 Å². The van der Waals surface area contributed by atoms with Crippen molar-refractivity contribution in [2.24, 2.45) is 23.7 Å². The highest BCUT2D eigenvalue weighted by molar-refractivity contribution is 5.82. The molecule has 0 radical (unpaired) electrons. The minimum absolute atomic E-state index is 0.0811. The monoisotopic (exact) mass is 320 g/mol. The number of nitrogens with one attached hydrogen (secondary N) is 1. The fourth-order valence-corrected chi connectivity index (χ4v) is 4.09. The molecule has 3 atom stereocenters. The smallest absolute Gasteiger partial charge is 0.226 e. The number of carbonyl (C=O) groups is 2. The third-order valence-corrected chi connectivity index (χ3v) is 6.37. The van der Waals surface area contributed by atoms with Crippen LogP contribution in [0.5, 0.6) is 0 Å². The van der Waals surface area contributed by atoms with Crippen LogP contribution >= 0.6 is 0 Å². The lowest BCUT2D eigenvalue weighted by atomic mass is 9.82. The van der Waals surface area contributed by atoms with Crippen LogP contribution in [0, 0.1) is 23.7 Å². The second kappa shape index (κ2) is 5.76. The normalized spacial score (nSPS) is 35.3. The molecule has 0 aromatic carbocycles. The lowest BCUT2D eigenvalue weighted by Gasteiger charge is -2.53. The largest absolute Gasteiger partial charge is 0.371 e. The van der Waals surface area contributed by atoms with Gasteiger partial charge in [0, 0.05) is 18.4 Å². The van der Waals surface area contributed by atoms with Crippen LogP contribution in [0.2, 0.25) is 0 Å². The van der Waals surface area contributed by atoms with Crippen LogP contribution < -0.4 is 5.32 Å². The van der Waals surface area contributed by atoms with Crippen LogP contribution in [-0.2, 0) is 14.3 Å². The molecule has 4 aliphatic rings. The average molecular weight is 320 g/mol. The van der Waals surface area contributed by atoms with E-state index in [9.17, 15) is 9.59 Å². The van der Waals surface area contributed by atoms with Crippen LogP contribution in [-0.4, -0.2) is 48.6 Å².